The fraction of sp³-hybridized carbons (Fsp3) is 0.778. The van der Waals surface area contributed by atoms with Crippen LogP contribution in [-0.2, 0) is 14.3 Å². The molecule has 1 aliphatic heterocycles. The van der Waals surface area contributed by atoms with Gasteiger partial charge in [0.05, 0.1) is 12.4 Å². The first-order valence-electron chi connectivity index (χ1n) is 4.70. The first kappa shape index (κ1) is 11.4. The number of carbonyl (C=O) groups is 2. The van der Waals surface area contributed by atoms with Gasteiger partial charge in [0, 0.05) is 12.3 Å². The van der Waals surface area contributed by atoms with Crippen LogP contribution in [0.4, 0.5) is 0 Å². The van der Waals surface area contributed by atoms with Gasteiger partial charge in [-0.25, -0.2) is 4.79 Å². The molecule has 0 aromatic heterocycles. The third-order valence-electron chi connectivity index (χ3n) is 2.12. The second-order valence-corrected chi connectivity index (χ2v) is 4.17. The number of thioether (sulfide) groups is 1. The fourth-order valence-electron chi connectivity index (χ4n) is 1.33. The van der Waals surface area contributed by atoms with E-state index in [4.69, 9.17) is 4.74 Å². The number of hydrogen-bond acceptors (Lipinski definition) is 4. The SMILES string of the molecule is CCOC(=O)C(C)N1CCSCC1=O. The fourth-order valence-corrected chi connectivity index (χ4v) is 2.14. The lowest BCUT2D eigenvalue weighted by Crippen LogP contribution is -2.48. The van der Waals surface area contributed by atoms with E-state index in [1.807, 2.05) is 0 Å². The molecule has 0 saturated carbocycles. The van der Waals surface area contributed by atoms with Crippen LogP contribution in [0.2, 0.25) is 0 Å². The lowest BCUT2D eigenvalue weighted by atomic mass is 10.3. The van der Waals surface area contributed by atoms with Gasteiger partial charge in [-0.3, -0.25) is 4.79 Å². The second-order valence-electron chi connectivity index (χ2n) is 3.07. The lowest BCUT2D eigenvalue weighted by molar-refractivity contribution is -0.153. The summed E-state index contributed by atoms with van der Waals surface area (Å²) < 4.78 is 4.87. The van der Waals surface area contributed by atoms with E-state index in [1.54, 1.807) is 30.5 Å². The maximum Gasteiger partial charge on any atom is 0.328 e. The van der Waals surface area contributed by atoms with E-state index in [2.05, 4.69) is 0 Å². The van der Waals surface area contributed by atoms with Gasteiger partial charge in [0.2, 0.25) is 5.91 Å². The van der Waals surface area contributed by atoms with Crippen LogP contribution in [0.1, 0.15) is 13.8 Å². The predicted octanol–water partition coefficient (Wildman–Crippen LogP) is 0.513. The molecule has 4 nitrogen and oxygen atoms in total. The van der Waals surface area contributed by atoms with E-state index in [1.165, 1.54) is 0 Å². The predicted molar refractivity (Wildman–Crippen MR) is 55.1 cm³/mol. The normalized spacial score (nSPS) is 19.3. The van der Waals surface area contributed by atoms with Gasteiger partial charge in [0.25, 0.3) is 0 Å². The molecule has 1 atom stereocenters. The average Bonchev–Trinajstić information content (AvgIpc) is 2.18. The number of carbonyl (C=O) groups excluding carboxylic acids is 2. The average molecular weight is 217 g/mol. The number of rotatable bonds is 3. The molecule has 1 rings (SSSR count). The highest BCUT2D eigenvalue weighted by Crippen LogP contribution is 2.14. The Labute approximate surface area is 88.0 Å². The minimum atomic E-state index is -0.441. The molecule has 1 heterocycles. The highest BCUT2D eigenvalue weighted by Gasteiger charge is 2.28. The first-order valence-corrected chi connectivity index (χ1v) is 5.86. The Kier molecular flexibility index (Phi) is 4.25. The Morgan fingerprint density at radius 2 is 2.43 bits per heavy atom. The van der Waals surface area contributed by atoms with Crippen LogP contribution in [0.15, 0.2) is 0 Å². The molecule has 1 unspecified atom stereocenters. The van der Waals surface area contributed by atoms with E-state index < -0.39 is 6.04 Å². The maximum atomic E-state index is 11.4. The van der Waals surface area contributed by atoms with Gasteiger partial charge in [-0.1, -0.05) is 0 Å². The van der Waals surface area contributed by atoms with E-state index in [9.17, 15) is 9.59 Å². The molecular formula is C9H15NO3S. The van der Waals surface area contributed by atoms with Crippen molar-refractivity contribution >= 4 is 23.6 Å². The molecule has 1 aliphatic rings. The van der Waals surface area contributed by atoms with Crippen molar-refractivity contribution in [1.82, 2.24) is 4.90 Å². The zero-order chi connectivity index (χ0) is 10.6. The number of esters is 1. The number of amides is 1. The van der Waals surface area contributed by atoms with Crippen LogP contribution in [0.3, 0.4) is 0 Å². The highest BCUT2D eigenvalue weighted by atomic mass is 32.2. The van der Waals surface area contributed by atoms with E-state index in [0.717, 1.165) is 5.75 Å². The second kappa shape index (κ2) is 5.24. The molecular weight excluding hydrogens is 202 g/mol. The number of nitrogens with zero attached hydrogens (tertiary/aromatic N) is 1. The lowest BCUT2D eigenvalue weighted by Gasteiger charge is -2.30. The van der Waals surface area contributed by atoms with Gasteiger partial charge in [0.15, 0.2) is 0 Å². The highest BCUT2D eigenvalue weighted by molar-refractivity contribution is 8.00. The molecule has 5 heteroatoms. The minimum absolute atomic E-state index is 0.0294. The maximum absolute atomic E-state index is 11.4. The van der Waals surface area contributed by atoms with Crippen molar-refractivity contribution in [3.63, 3.8) is 0 Å². The summed E-state index contributed by atoms with van der Waals surface area (Å²) in [5.41, 5.74) is 0. The topological polar surface area (TPSA) is 46.6 Å². The van der Waals surface area contributed by atoms with E-state index in [-0.39, 0.29) is 11.9 Å². The molecule has 80 valence electrons. The largest absolute Gasteiger partial charge is 0.464 e. The van der Waals surface area contributed by atoms with E-state index >= 15 is 0 Å². The zero-order valence-corrected chi connectivity index (χ0v) is 9.30. The van der Waals surface area contributed by atoms with Crippen molar-refractivity contribution in [3.05, 3.63) is 0 Å². The molecule has 1 amide bonds. The molecule has 0 aromatic rings. The molecule has 0 spiro atoms. The Bertz CT molecular complexity index is 232. The van der Waals surface area contributed by atoms with Gasteiger partial charge >= 0.3 is 5.97 Å². The first-order chi connectivity index (χ1) is 6.66. The molecule has 0 aromatic carbocycles. The Morgan fingerprint density at radius 1 is 1.71 bits per heavy atom. The van der Waals surface area contributed by atoms with Crippen LogP contribution < -0.4 is 0 Å². The standard InChI is InChI=1S/C9H15NO3S/c1-3-13-9(12)7(2)10-4-5-14-6-8(10)11/h7H,3-6H2,1-2H3. The third kappa shape index (κ3) is 2.64. The molecule has 0 N–H and O–H groups in total. The van der Waals surface area contributed by atoms with Crippen molar-refractivity contribution in [2.45, 2.75) is 19.9 Å². The summed E-state index contributed by atoms with van der Waals surface area (Å²) in [6.07, 6.45) is 0. The molecule has 0 radical (unpaired) electrons. The summed E-state index contributed by atoms with van der Waals surface area (Å²) in [6.45, 7) is 4.48. The molecule has 14 heavy (non-hydrogen) atoms. The smallest absolute Gasteiger partial charge is 0.328 e. The van der Waals surface area contributed by atoms with Crippen molar-refractivity contribution in [2.24, 2.45) is 0 Å². The quantitative estimate of drug-likeness (QED) is 0.646. The molecule has 0 aliphatic carbocycles. The van der Waals surface area contributed by atoms with Gasteiger partial charge in [-0.15, -0.1) is 0 Å². The van der Waals surface area contributed by atoms with Crippen LogP contribution >= 0.6 is 11.8 Å². The summed E-state index contributed by atoms with van der Waals surface area (Å²) in [6, 6.07) is -0.441. The Hall–Kier alpha value is -0.710. The molecule has 0 bridgehead atoms. The molecule has 1 saturated heterocycles. The van der Waals surface area contributed by atoms with Crippen molar-refractivity contribution in [3.8, 4) is 0 Å². The van der Waals surface area contributed by atoms with Crippen LogP contribution in [0.5, 0.6) is 0 Å². The summed E-state index contributed by atoms with van der Waals surface area (Å²) in [4.78, 5) is 24.4. The Balaban J connectivity index is 2.53. The summed E-state index contributed by atoms with van der Waals surface area (Å²) in [5.74, 6) is 1.09. The monoisotopic (exact) mass is 217 g/mol. The van der Waals surface area contributed by atoms with Gasteiger partial charge in [-0.2, -0.15) is 11.8 Å². The zero-order valence-electron chi connectivity index (χ0n) is 8.49. The van der Waals surface area contributed by atoms with Crippen LogP contribution in [0, 0.1) is 0 Å². The van der Waals surface area contributed by atoms with Crippen LogP contribution in [-0.4, -0.2) is 47.5 Å². The number of hydrogen-bond donors (Lipinski definition) is 0. The van der Waals surface area contributed by atoms with Crippen molar-refractivity contribution in [1.29, 1.82) is 0 Å². The summed E-state index contributed by atoms with van der Waals surface area (Å²) in [5, 5.41) is 0. The van der Waals surface area contributed by atoms with Crippen molar-refractivity contribution < 1.29 is 14.3 Å². The van der Waals surface area contributed by atoms with Gasteiger partial charge in [0.1, 0.15) is 6.04 Å². The van der Waals surface area contributed by atoms with Crippen molar-refractivity contribution in [2.75, 3.05) is 24.7 Å². The van der Waals surface area contributed by atoms with Crippen LogP contribution in [0.25, 0.3) is 0 Å². The van der Waals surface area contributed by atoms with Gasteiger partial charge < -0.3 is 9.64 Å². The minimum Gasteiger partial charge on any atom is -0.464 e. The Morgan fingerprint density at radius 3 is 3.00 bits per heavy atom. The summed E-state index contributed by atoms with van der Waals surface area (Å²) in [7, 11) is 0. The van der Waals surface area contributed by atoms with E-state index in [0.29, 0.717) is 18.9 Å². The third-order valence-corrected chi connectivity index (χ3v) is 3.04. The van der Waals surface area contributed by atoms with Gasteiger partial charge in [-0.05, 0) is 13.8 Å². The summed E-state index contributed by atoms with van der Waals surface area (Å²) >= 11 is 1.61. The molecule has 1 fully saturated rings. The number of ether oxygens (including phenoxy) is 1.